The zero-order valence-corrected chi connectivity index (χ0v) is 15.6. The van der Waals surface area contributed by atoms with Crippen LogP contribution in [0.3, 0.4) is 0 Å². The van der Waals surface area contributed by atoms with Crippen LogP contribution in [0.5, 0.6) is 11.5 Å². The van der Waals surface area contributed by atoms with Crippen molar-refractivity contribution in [3.63, 3.8) is 0 Å². The summed E-state index contributed by atoms with van der Waals surface area (Å²) in [6.45, 7) is -3.05. The van der Waals surface area contributed by atoms with Crippen molar-refractivity contribution in [2.75, 3.05) is 5.32 Å². The number of ether oxygens (including phenoxy) is 2. The molecule has 0 unspecified atom stereocenters. The van der Waals surface area contributed by atoms with Crippen molar-refractivity contribution in [1.29, 1.82) is 0 Å². The number of benzene rings is 2. The highest BCUT2D eigenvalue weighted by molar-refractivity contribution is 6.37. The molecule has 0 saturated carbocycles. The summed E-state index contributed by atoms with van der Waals surface area (Å²) in [5.74, 6) is -0.452. The summed E-state index contributed by atoms with van der Waals surface area (Å²) in [6, 6.07) is 12.2. The number of aromatic nitrogens is 2. The van der Waals surface area contributed by atoms with Crippen LogP contribution in [-0.4, -0.2) is 22.3 Å². The van der Waals surface area contributed by atoms with Gasteiger partial charge in [0.15, 0.2) is 18.2 Å². The second-order valence-corrected chi connectivity index (χ2v) is 6.21. The van der Waals surface area contributed by atoms with E-state index >= 15 is 0 Å². The Hall–Kier alpha value is -2.84. The molecular formula is C18H13Cl2F2N3O3. The number of halogens is 4. The van der Waals surface area contributed by atoms with Crippen molar-refractivity contribution in [3.05, 3.63) is 70.5 Å². The lowest BCUT2D eigenvalue weighted by Gasteiger charge is -2.11. The quantitative estimate of drug-likeness (QED) is 0.570. The van der Waals surface area contributed by atoms with E-state index in [0.29, 0.717) is 15.8 Å². The molecule has 0 saturated heterocycles. The summed E-state index contributed by atoms with van der Waals surface area (Å²) in [6.07, 6.45) is 1.52. The molecule has 0 radical (unpaired) electrons. The van der Waals surface area contributed by atoms with E-state index in [9.17, 15) is 13.6 Å². The van der Waals surface area contributed by atoms with E-state index in [1.54, 1.807) is 24.3 Å². The van der Waals surface area contributed by atoms with Gasteiger partial charge in [-0.15, -0.1) is 0 Å². The van der Waals surface area contributed by atoms with Gasteiger partial charge in [0.25, 0.3) is 5.91 Å². The largest absolute Gasteiger partial charge is 0.468 e. The number of hydrogen-bond acceptors (Lipinski definition) is 4. The van der Waals surface area contributed by atoms with Gasteiger partial charge in [-0.1, -0.05) is 41.4 Å². The van der Waals surface area contributed by atoms with E-state index in [0.717, 1.165) is 0 Å². The van der Waals surface area contributed by atoms with Gasteiger partial charge in [0.2, 0.25) is 0 Å². The smallest absolute Gasteiger partial charge is 0.387 e. The molecule has 0 aliphatic carbocycles. The van der Waals surface area contributed by atoms with Crippen LogP contribution in [0.1, 0.15) is 10.5 Å². The highest BCUT2D eigenvalue weighted by Crippen LogP contribution is 2.32. The molecule has 1 heterocycles. The molecule has 1 amide bonds. The topological polar surface area (TPSA) is 65.4 Å². The highest BCUT2D eigenvalue weighted by Gasteiger charge is 2.15. The Kier molecular flexibility index (Phi) is 6.33. The van der Waals surface area contributed by atoms with Crippen molar-refractivity contribution < 1.29 is 23.0 Å². The SMILES string of the molecule is O=C(Nc1ccccc1OC(F)F)c1ccn(COc2c(Cl)cccc2Cl)n1. The first-order valence-corrected chi connectivity index (χ1v) is 8.65. The summed E-state index contributed by atoms with van der Waals surface area (Å²) >= 11 is 12.0. The third-order valence-electron chi connectivity index (χ3n) is 3.48. The first-order chi connectivity index (χ1) is 13.4. The predicted molar refractivity (Wildman–Crippen MR) is 100 cm³/mol. The number of hydrogen-bond donors (Lipinski definition) is 1. The second kappa shape index (κ2) is 8.90. The zero-order valence-electron chi connectivity index (χ0n) is 14.1. The Labute approximate surface area is 168 Å². The average molecular weight is 428 g/mol. The lowest BCUT2D eigenvalue weighted by Crippen LogP contribution is -2.15. The minimum atomic E-state index is -3.01. The van der Waals surface area contributed by atoms with Gasteiger partial charge >= 0.3 is 6.61 Å². The van der Waals surface area contributed by atoms with E-state index in [-0.39, 0.29) is 23.9 Å². The van der Waals surface area contributed by atoms with E-state index in [4.69, 9.17) is 27.9 Å². The number of nitrogens with one attached hydrogen (secondary N) is 1. The average Bonchev–Trinajstić information content (AvgIpc) is 3.12. The minimum Gasteiger partial charge on any atom is -0.468 e. The van der Waals surface area contributed by atoms with Crippen molar-refractivity contribution in [2.45, 2.75) is 13.3 Å². The van der Waals surface area contributed by atoms with E-state index in [1.807, 2.05) is 0 Å². The number of nitrogens with zero attached hydrogens (tertiary/aromatic N) is 2. The summed E-state index contributed by atoms with van der Waals surface area (Å²) in [5, 5.41) is 7.24. The number of carbonyl (C=O) groups is 1. The predicted octanol–water partition coefficient (Wildman–Crippen LogP) is 5.08. The fraction of sp³-hybridized carbons (Fsp3) is 0.111. The van der Waals surface area contributed by atoms with Crippen LogP contribution in [0.2, 0.25) is 10.0 Å². The molecule has 146 valence electrons. The molecule has 0 bridgehead atoms. The molecular weight excluding hydrogens is 415 g/mol. The van der Waals surface area contributed by atoms with Gasteiger partial charge in [-0.05, 0) is 30.3 Å². The van der Waals surface area contributed by atoms with Gasteiger partial charge in [0.1, 0.15) is 5.75 Å². The number of anilines is 1. The van der Waals surface area contributed by atoms with Crippen LogP contribution in [-0.2, 0) is 6.73 Å². The maximum atomic E-state index is 12.5. The Bertz CT molecular complexity index is 962. The van der Waals surface area contributed by atoms with Gasteiger partial charge in [-0.2, -0.15) is 13.9 Å². The number of carbonyl (C=O) groups excluding carboxylic acids is 1. The summed E-state index contributed by atoms with van der Waals surface area (Å²) in [5.41, 5.74) is 0.155. The zero-order chi connectivity index (χ0) is 20.1. The molecule has 10 heteroatoms. The number of alkyl halides is 2. The van der Waals surface area contributed by atoms with Crippen LogP contribution < -0.4 is 14.8 Å². The lowest BCUT2D eigenvalue weighted by atomic mass is 10.3. The van der Waals surface area contributed by atoms with Crippen molar-refractivity contribution in [1.82, 2.24) is 9.78 Å². The molecule has 6 nitrogen and oxygen atoms in total. The van der Waals surface area contributed by atoms with Crippen molar-refractivity contribution in [2.24, 2.45) is 0 Å². The van der Waals surface area contributed by atoms with Crippen LogP contribution >= 0.6 is 23.2 Å². The third-order valence-corrected chi connectivity index (χ3v) is 4.08. The third kappa shape index (κ3) is 4.90. The molecule has 0 atom stereocenters. The van der Waals surface area contributed by atoms with Crippen LogP contribution in [0.15, 0.2) is 54.7 Å². The first-order valence-electron chi connectivity index (χ1n) is 7.89. The normalized spacial score (nSPS) is 10.8. The number of amides is 1. The van der Waals surface area contributed by atoms with Crippen LogP contribution in [0.4, 0.5) is 14.5 Å². The van der Waals surface area contributed by atoms with Crippen LogP contribution in [0, 0.1) is 0 Å². The monoisotopic (exact) mass is 427 g/mol. The second-order valence-electron chi connectivity index (χ2n) is 5.39. The molecule has 1 aromatic heterocycles. The molecule has 0 aliphatic rings. The van der Waals surface area contributed by atoms with Gasteiger partial charge in [0.05, 0.1) is 15.7 Å². The Morgan fingerprint density at radius 3 is 2.54 bits per heavy atom. The highest BCUT2D eigenvalue weighted by atomic mass is 35.5. The fourth-order valence-corrected chi connectivity index (χ4v) is 2.77. The lowest BCUT2D eigenvalue weighted by molar-refractivity contribution is -0.0493. The molecule has 0 aliphatic heterocycles. The molecule has 1 N–H and O–H groups in total. The standard InChI is InChI=1S/C18H13Cl2F2N3O3/c19-11-4-3-5-12(20)16(11)27-10-25-9-8-14(24-25)17(26)23-13-6-1-2-7-15(13)28-18(21)22/h1-9,18H,10H2,(H,23,26). The molecule has 28 heavy (non-hydrogen) atoms. The molecule has 0 spiro atoms. The summed E-state index contributed by atoms with van der Waals surface area (Å²) in [4.78, 5) is 12.3. The molecule has 0 fully saturated rings. The van der Waals surface area contributed by atoms with Crippen molar-refractivity contribution >= 4 is 34.8 Å². The van der Waals surface area contributed by atoms with E-state index in [2.05, 4.69) is 15.2 Å². The number of para-hydroxylation sites is 3. The first kappa shape index (κ1) is 19.9. The summed E-state index contributed by atoms with van der Waals surface area (Å²) in [7, 11) is 0. The Morgan fingerprint density at radius 2 is 1.82 bits per heavy atom. The molecule has 3 rings (SSSR count). The summed E-state index contributed by atoms with van der Waals surface area (Å²) < 4.78 is 36.2. The van der Waals surface area contributed by atoms with E-state index < -0.39 is 12.5 Å². The van der Waals surface area contributed by atoms with Gasteiger partial charge in [-0.3, -0.25) is 4.79 Å². The Balaban J connectivity index is 1.66. The van der Waals surface area contributed by atoms with Gasteiger partial charge < -0.3 is 14.8 Å². The molecule has 2 aromatic carbocycles. The van der Waals surface area contributed by atoms with Gasteiger partial charge in [-0.25, -0.2) is 4.68 Å². The fourth-order valence-electron chi connectivity index (χ4n) is 2.26. The molecule has 3 aromatic rings. The van der Waals surface area contributed by atoms with Crippen molar-refractivity contribution in [3.8, 4) is 11.5 Å². The minimum absolute atomic E-state index is 0.0399. The maximum Gasteiger partial charge on any atom is 0.387 e. The Morgan fingerprint density at radius 1 is 1.11 bits per heavy atom. The maximum absolute atomic E-state index is 12.5. The number of rotatable bonds is 7. The van der Waals surface area contributed by atoms with Crippen LogP contribution in [0.25, 0.3) is 0 Å². The van der Waals surface area contributed by atoms with E-state index in [1.165, 1.54) is 35.1 Å². The van der Waals surface area contributed by atoms with Gasteiger partial charge in [0, 0.05) is 6.20 Å².